The van der Waals surface area contributed by atoms with Gasteiger partial charge in [-0.05, 0) is 41.8 Å². The summed E-state index contributed by atoms with van der Waals surface area (Å²) in [7, 11) is 1.69. The van der Waals surface area contributed by atoms with Gasteiger partial charge in [0.05, 0.1) is 0 Å². The molecule has 0 amide bonds. The van der Waals surface area contributed by atoms with E-state index in [0.29, 0.717) is 19.0 Å². The molecule has 0 atom stereocenters. The van der Waals surface area contributed by atoms with Crippen LogP contribution in [0.5, 0.6) is 0 Å². The number of hydrogen-bond donors (Lipinski definition) is 2. The second kappa shape index (κ2) is 8.12. The normalized spacial score (nSPS) is 11.3. The minimum atomic E-state index is -0.245. The van der Waals surface area contributed by atoms with Crippen molar-refractivity contribution < 1.29 is 8.78 Å². The second-order valence-corrected chi connectivity index (χ2v) is 4.86. The lowest BCUT2D eigenvalue weighted by atomic mass is 10.1. The molecule has 2 N–H and O–H groups in total. The van der Waals surface area contributed by atoms with Crippen LogP contribution in [0.15, 0.2) is 53.5 Å². The molecule has 0 aliphatic heterocycles. The number of guanidine groups is 1. The van der Waals surface area contributed by atoms with Crippen LogP contribution in [0.1, 0.15) is 11.1 Å². The number of hydrogen-bond acceptors (Lipinski definition) is 1. The zero-order chi connectivity index (χ0) is 15.8. The minimum Gasteiger partial charge on any atom is -0.356 e. The van der Waals surface area contributed by atoms with Gasteiger partial charge in [0.15, 0.2) is 5.96 Å². The van der Waals surface area contributed by atoms with Crippen LogP contribution in [-0.2, 0) is 13.0 Å². The van der Waals surface area contributed by atoms with Crippen LogP contribution in [0.25, 0.3) is 0 Å². The molecule has 0 aliphatic carbocycles. The summed E-state index contributed by atoms with van der Waals surface area (Å²) >= 11 is 0. The molecule has 0 fully saturated rings. The van der Waals surface area contributed by atoms with Crippen LogP contribution < -0.4 is 10.6 Å². The van der Waals surface area contributed by atoms with E-state index < -0.39 is 0 Å². The Labute approximate surface area is 129 Å². The van der Waals surface area contributed by atoms with Crippen LogP contribution in [0.3, 0.4) is 0 Å². The highest BCUT2D eigenvalue weighted by molar-refractivity contribution is 5.79. The number of nitrogens with one attached hydrogen (secondary N) is 2. The third kappa shape index (κ3) is 5.16. The van der Waals surface area contributed by atoms with E-state index in [1.165, 1.54) is 24.3 Å². The second-order valence-electron chi connectivity index (χ2n) is 4.86. The number of nitrogens with zero attached hydrogens (tertiary/aromatic N) is 1. The molecule has 116 valence electrons. The van der Waals surface area contributed by atoms with Gasteiger partial charge in [-0.25, -0.2) is 8.78 Å². The maximum absolute atomic E-state index is 12.8. The molecule has 0 spiro atoms. The quantitative estimate of drug-likeness (QED) is 0.658. The van der Waals surface area contributed by atoms with Crippen molar-refractivity contribution in [3.63, 3.8) is 0 Å². The molecule has 22 heavy (non-hydrogen) atoms. The Kier molecular flexibility index (Phi) is 5.89. The topological polar surface area (TPSA) is 36.4 Å². The lowest BCUT2D eigenvalue weighted by molar-refractivity contribution is 0.626. The fourth-order valence-electron chi connectivity index (χ4n) is 1.98. The van der Waals surface area contributed by atoms with Crippen molar-refractivity contribution in [1.82, 2.24) is 10.6 Å². The summed E-state index contributed by atoms with van der Waals surface area (Å²) in [4.78, 5) is 4.13. The van der Waals surface area contributed by atoms with E-state index in [9.17, 15) is 8.78 Å². The van der Waals surface area contributed by atoms with Gasteiger partial charge in [-0.15, -0.1) is 0 Å². The molecule has 2 aromatic carbocycles. The monoisotopic (exact) mass is 303 g/mol. The Morgan fingerprint density at radius 1 is 0.864 bits per heavy atom. The molecular formula is C17H19F2N3. The summed E-state index contributed by atoms with van der Waals surface area (Å²) in [5.41, 5.74) is 2.03. The number of benzene rings is 2. The summed E-state index contributed by atoms with van der Waals surface area (Å²) in [6.07, 6.45) is 0.775. The zero-order valence-corrected chi connectivity index (χ0v) is 12.4. The van der Waals surface area contributed by atoms with E-state index in [1.54, 1.807) is 31.3 Å². The van der Waals surface area contributed by atoms with Crippen molar-refractivity contribution in [3.05, 3.63) is 71.3 Å². The maximum Gasteiger partial charge on any atom is 0.191 e. The van der Waals surface area contributed by atoms with Crippen molar-refractivity contribution in [2.24, 2.45) is 4.99 Å². The van der Waals surface area contributed by atoms with Gasteiger partial charge in [-0.1, -0.05) is 24.3 Å². The van der Waals surface area contributed by atoms with Crippen molar-refractivity contribution in [3.8, 4) is 0 Å². The van der Waals surface area contributed by atoms with E-state index in [2.05, 4.69) is 15.6 Å². The summed E-state index contributed by atoms with van der Waals surface area (Å²) in [5, 5.41) is 6.34. The Balaban J connectivity index is 1.75. The first-order chi connectivity index (χ1) is 10.7. The van der Waals surface area contributed by atoms with Gasteiger partial charge in [0.25, 0.3) is 0 Å². The number of halogens is 2. The van der Waals surface area contributed by atoms with Crippen molar-refractivity contribution >= 4 is 5.96 Å². The van der Waals surface area contributed by atoms with E-state index in [1.807, 2.05) is 0 Å². The molecule has 0 saturated carbocycles. The number of rotatable bonds is 5. The molecular weight excluding hydrogens is 284 g/mol. The predicted octanol–water partition coefficient (Wildman–Crippen LogP) is 2.87. The average molecular weight is 303 g/mol. The molecule has 5 heteroatoms. The van der Waals surface area contributed by atoms with Gasteiger partial charge in [-0.3, -0.25) is 4.99 Å². The summed E-state index contributed by atoms with van der Waals surface area (Å²) in [5.74, 6) is 0.200. The standard InChI is InChI=1S/C17H19F2N3/c1-20-17(22-12-14-4-8-16(19)9-5-14)21-11-10-13-2-6-15(18)7-3-13/h2-9H,10-12H2,1H3,(H2,20,21,22). The highest BCUT2D eigenvalue weighted by atomic mass is 19.1. The Bertz CT molecular complexity index is 607. The van der Waals surface area contributed by atoms with Crippen molar-refractivity contribution in [2.45, 2.75) is 13.0 Å². The largest absolute Gasteiger partial charge is 0.356 e. The molecule has 3 nitrogen and oxygen atoms in total. The number of aliphatic imine (C=N–C) groups is 1. The van der Waals surface area contributed by atoms with E-state index in [4.69, 9.17) is 0 Å². The van der Waals surface area contributed by atoms with Crippen LogP contribution >= 0.6 is 0 Å². The molecule has 2 rings (SSSR count). The van der Waals surface area contributed by atoms with E-state index >= 15 is 0 Å². The van der Waals surface area contributed by atoms with Gasteiger partial charge in [0, 0.05) is 20.1 Å². The third-order valence-corrected chi connectivity index (χ3v) is 3.22. The van der Waals surface area contributed by atoms with Gasteiger partial charge in [0.2, 0.25) is 0 Å². The summed E-state index contributed by atoms with van der Waals surface area (Å²) < 4.78 is 25.6. The molecule has 2 aromatic rings. The third-order valence-electron chi connectivity index (χ3n) is 3.22. The van der Waals surface area contributed by atoms with E-state index in [-0.39, 0.29) is 11.6 Å². The first kappa shape index (κ1) is 15.9. The smallest absolute Gasteiger partial charge is 0.191 e. The SMILES string of the molecule is CN=C(NCCc1ccc(F)cc1)NCc1ccc(F)cc1. The lowest BCUT2D eigenvalue weighted by Gasteiger charge is -2.12. The predicted molar refractivity (Wildman–Crippen MR) is 84.7 cm³/mol. The minimum absolute atomic E-state index is 0.228. The van der Waals surface area contributed by atoms with Crippen molar-refractivity contribution in [2.75, 3.05) is 13.6 Å². The maximum atomic E-state index is 12.8. The molecule has 0 radical (unpaired) electrons. The molecule has 0 unspecified atom stereocenters. The first-order valence-corrected chi connectivity index (χ1v) is 7.11. The summed E-state index contributed by atoms with van der Waals surface area (Å²) in [6, 6.07) is 12.8. The fraction of sp³-hybridized carbons (Fsp3) is 0.235. The highest BCUT2D eigenvalue weighted by Gasteiger charge is 1.99. The lowest BCUT2D eigenvalue weighted by Crippen LogP contribution is -2.37. The zero-order valence-electron chi connectivity index (χ0n) is 12.4. The highest BCUT2D eigenvalue weighted by Crippen LogP contribution is 2.03. The molecule has 0 bridgehead atoms. The van der Waals surface area contributed by atoms with Crippen LogP contribution in [0.2, 0.25) is 0 Å². The van der Waals surface area contributed by atoms with Gasteiger partial charge >= 0.3 is 0 Å². The van der Waals surface area contributed by atoms with Gasteiger partial charge in [0.1, 0.15) is 11.6 Å². The fourth-order valence-corrected chi connectivity index (χ4v) is 1.98. The Morgan fingerprint density at radius 2 is 1.41 bits per heavy atom. The van der Waals surface area contributed by atoms with Gasteiger partial charge < -0.3 is 10.6 Å². The molecule has 0 aromatic heterocycles. The molecule has 0 aliphatic rings. The Morgan fingerprint density at radius 3 is 1.95 bits per heavy atom. The van der Waals surface area contributed by atoms with Crippen LogP contribution in [0, 0.1) is 11.6 Å². The average Bonchev–Trinajstić information content (AvgIpc) is 2.54. The molecule has 0 saturated heterocycles. The summed E-state index contributed by atoms with van der Waals surface area (Å²) in [6.45, 7) is 1.26. The van der Waals surface area contributed by atoms with E-state index in [0.717, 1.165) is 17.5 Å². The molecule has 0 heterocycles. The van der Waals surface area contributed by atoms with Crippen LogP contribution in [-0.4, -0.2) is 19.6 Å². The van der Waals surface area contributed by atoms with Gasteiger partial charge in [-0.2, -0.15) is 0 Å². The Hall–Kier alpha value is -2.43. The first-order valence-electron chi connectivity index (χ1n) is 7.11. The van der Waals surface area contributed by atoms with Crippen molar-refractivity contribution in [1.29, 1.82) is 0 Å². The van der Waals surface area contributed by atoms with Crippen LogP contribution in [0.4, 0.5) is 8.78 Å².